The van der Waals surface area contributed by atoms with Gasteiger partial charge in [-0.3, -0.25) is 9.59 Å². The number of carbonyl (C=O) groups is 2. The van der Waals surface area contributed by atoms with Crippen LogP contribution in [0.2, 0.25) is 10.0 Å². The Labute approximate surface area is 149 Å². The highest BCUT2D eigenvalue weighted by molar-refractivity contribution is 6.31. The summed E-state index contributed by atoms with van der Waals surface area (Å²) in [4.78, 5) is 25.1. The van der Waals surface area contributed by atoms with E-state index in [-0.39, 0.29) is 0 Å². The fraction of sp³-hybridized carbons (Fsp3) is 0.222. The maximum Gasteiger partial charge on any atom is 0.328 e. The third-order valence-electron chi connectivity index (χ3n) is 4.00. The number of rotatable bonds is 4. The fourth-order valence-corrected chi connectivity index (χ4v) is 2.85. The number of esters is 2. The van der Waals surface area contributed by atoms with Gasteiger partial charge in [-0.1, -0.05) is 35.3 Å². The molecular formula is C18H14Cl2O4. The first-order valence-electron chi connectivity index (χ1n) is 7.45. The van der Waals surface area contributed by atoms with E-state index in [4.69, 9.17) is 32.7 Å². The molecule has 1 aliphatic rings. The zero-order valence-electron chi connectivity index (χ0n) is 12.6. The highest BCUT2D eigenvalue weighted by Crippen LogP contribution is 2.43. The molecule has 0 aromatic heterocycles. The highest BCUT2D eigenvalue weighted by atomic mass is 35.5. The molecule has 0 amide bonds. The summed E-state index contributed by atoms with van der Waals surface area (Å²) >= 11 is 11.8. The molecule has 0 atom stereocenters. The van der Waals surface area contributed by atoms with Crippen LogP contribution < -0.4 is 9.47 Å². The Morgan fingerprint density at radius 2 is 1.29 bits per heavy atom. The van der Waals surface area contributed by atoms with Crippen LogP contribution in [0.3, 0.4) is 0 Å². The number of hydrogen-bond acceptors (Lipinski definition) is 4. The molecule has 0 spiro atoms. The second kappa shape index (κ2) is 6.83. The molecule has 0 N–H and O–H groups in total. The minimum absolute atomic E-state index is 0.300. The third-order valence-corrected chi connectivity index (χ3v) is 4.47. The number of halogens is 2. The maximum atomic E-state index is 12.5. The molecule has 4 nitrogen and oxygen atoms in total. The lowest BCUT2D eigenvalue weighted by atomic mass is 9.69. The summed E-state index contributed by atoms with van der Waals surface area (Å²) in [5.41, 5.74) is -1.27. The number of benzene rings is 2. The smallest absolute Gasteiger partial charge is 0.328 e. The molecule has 2 aromatic carbocycles. The second-order valence-corrected chi connectivity index (χ2v) is 6.50. The largest absolute Gasteiger partial charge is 0.426 e. The zero-order chi connectivity index (χ0) is 17.2. The SMILES string of the molecule is O=C(Oc1cccc(Cl)c1)C1(C(=O)Oc2cccc(Cl)c2)CCC1. The Bertz CT molecular complexity index is 723. The lowest BCUT2D eigenvalue weighted by Gasteiger charge is -2.36. The average molecular weight is 365 g/mol. The van der Waals surface area contributed by atoms with Gasteiger partial charge in [0.2, 0.25) is 0 Å². The van der Waals surface area contributed by atoms with Gasteiger partial charge in [0.25, 0.3) is 0 Å². The van der Waals surface area contributed by atoms with E-state index in [1.807, 2.05) is 0 Å². The topological polar surface area (TPSA) is 52.6 Å². The van der Waals surface area contributed by atoms with Crippen LogP contribution in [0.15, 0.2) is 48.5 Å². The average Bonchev–Trinajstić information content (AvgIpc) is 2.45. The van der Waals surface area contributed by atoms with Crippen molar-refractivity contribution in [3.8, 4) is 11.5 Å². The van der Waals surface area contributed by atoms with Gasteiger partial charge in [0.05, 0.1) is 0 Å². The molecule has 3 rings (SSSR count). The molecular weight excluding hydrogens is 351 g/mol. The van der Waals surface area contributed by atoms with Gasteiger partial charge in [0, 0.05) is 10.0 Å². The Morgan fingerprint density at radius 3 is 1.62 bits per heavy atom. The van der Waals surface area contributed by atoms with E-state index < -0.39 is 17.4 Å². The first kappa shape index (κ1) is 16.8. The standard InChI is InChI=1S/C18H14Cl2O4/c19-12-4-1-6-14(10-12)23-16(21)18(8-3-9-18)17(22)24-15-7-2-5-13(20)11-15/h1-2,4-7,10-11H,3,8-9H2. The van der Waals surface area contributed by atoms with Crippen LogP contribution >= 0.6 is 23.2 Å². The molecule has 0 bridgehead atoms. The van der Waals surface area contributed by atoms with E-state index in [0.29, 0.717) is 34.4 Å². The van der Waals surface area contributed by atoms with Gasteiger partial charge in [-0.15, -0.1) is 0 Å². The monoisotopic (exact) mass is 364 g/mol. The molecule has 0 saturated heterocycles. The predicted octanol–water partition coefficient (Wildman–Crippen LogP) is 4.67. The van der Waals surface area contributed by atoms with Gasteiger partial charge in [0.1, 0.15) is 11.5 Å². The van der Waals surface area contributed by atoms with Crippen LogP contribution in [0, 0.1) is 5.41 Å². The zero-order valence-corrected chi connectivity index (χ0v) is 14.1. The van der Waals surface area contributed by atoms with E-state index in [1.165, 1.54) is 12.1 Å². The van der Waals surface area contributed by atoms with E-state index in [1.54, 1.807) is 36.4 Å². The molecule has 1 fully saturated rings. The molecule has 2 aromatic rings. The first-order valence-corrected chi connectivity index (χ1v) is 8.21. The van der Waals surface area contributed by atoms with Crippen molar-refractivity contribution in [3.63, 3.8) is 0 Å². The molecule has 6 heteroatoms. The Kier molecular flexibility index (Phi) is 4.78. The van der Waals surface area contributed by atoms with Crippen molar-refractivity contribution >= 4 is 35.1 Å². The van der Waals surface area contributed by atoms with Crippen molar-refractivity contribution in [2.24, 2.45) is 5.41 Å². The van der Waals surface area contributed by atoms with Crippen molar-refractivity contribution in [3.05, 3.63) is 58.6 Å². The molecule has 0 heterocycles. The Morgan fingerprint density at radius 1 is 0.833 bits per heavy atom. The Hall–Kier alpha value is -2.04. The summed E-state index contributed by atoms with van der Waals surface area (Å²) in [5.74, 6) is -0.644. The predicted molar refractivity (Wildman–Crippen MR) is 90.5 cm³/mol. The fourth-order valence-electron chi connectivity index (χ4n) is 2.49. The lowest BCUT2D eigenvalue weighted by molar-refractivity contribution is -0.167. The maximum absolute atomic E-state index is 12.5. The number of carbonyl (C=O) groups excluding carboxylic acids is 2. The van der Waals surface area contributed by atoms with Crippen molar-refractivity contribution in [2.75, 3.05) is 0 Å². The van der Waals surface area contributed by atoms with Crippen molar-refractivity contribution in [2.45, 2.75) is 19.3 Å². The third kappa shape index (κ3) is 3.40. The van der Waals surface area contributed by atoms with Crippen LogP contribution in [0.25, 0.3) is 0 Å². The minimum Gasteiger partial charge on any atom is -0.426 e. The molecule has 124 valence electrons. The van der Waals surface area contributed by atoms with E-state index >= 15 is 0 Å². The molecule has 0 unspecified atom stereocenters. The number of ether oxygens (including phenoxy) is 2. The summed E-state index contributed by atoms with van der Waals surface area (Å²) in [6.07, 6.45) is 1.55. The quantitative estimate of drug-likeness (QED) is 0.449. The van der Waals surface area contributed by atoms with E-state index in [2.05, 4.69) is 0 Å². The van der Waals surface area contributed by atoms with Crippen molar-refractivity contribution in [1.82, 2.24) is 0 Å². The van der Waals surface area contributed by atoms with Gasteiger partial charge in [0.15, 0.2) is 5.41 Å². The molecule has 0 aliphatic heterocycles. The molecule has 0 radical (unpaired) electrons. The van der Waals surface area contributed by atoms with Crippen LogP contribution in [0.5, 0.6) is 11.5 Å². The molecule has 24 heavy (non-hydrogen) atoms. The van der Waals surface area contributed by atoms with Gasteiger partial charge < -0.3 is 9.47 Å². The molecule has 1 saturated carbocycles. The van der Waals surface area contributed by atoms with Crippen LogP contribution in [-0.2, 0) is 9.59 Å². The normalized spacial score (nSPS) is 15.2. The summed E-state index contributed by atoms with van der Waals surface area (Å²) in [6.45, 7) is 0. The van der Waals surface area contributed by atoms with Crippen molar-refractivity contribution < 1.29 is 19.1 Å². The van der Waals surface area contributed by atoms with Crippen LogP contribution in [0.1, 0.15) is 19.3 Å². The van der Waals surface area contributed by atoms with E-state index in [0.717, 1.165) is 6.42 Å². The summed E-state index contributed by atoms with van der Waals surface area (Å²) in [6, 6.07) is 12.9. The van der Waals surface area contributed by atoms with Gasteiger partial charge in [-0.25, -0.2) is 0 Å². The van der Waals surface area contributed by atoms with Crippen molar-refractivity contribution in [1.29, 1.82) is 0 Å². The summed E-state index contributed by atoms with van der Waals surface area (Å²) in [7, 11) is 0. The van der Waals surface area contributed by atoms with Gasteiger partial charge in [-0.2, -0.15) is 0 Å². The van der Waals surface area contributed by atoms with Gasteiger partial charge >= 0.3 is 11.9 Å². The summed E-state index contributed by atoms with van der Waals surface area (Å²) in [5, 5.41) is 0.897. The minimum atomic E-state index is -1.27. The first-order chi connectivity index (χ1) is 11.5. The lowest BCUT2D eigenvalue weighted by Crippen LogP contribution is -2.49. The van der Waals surface area contributed by atoms with Crippen LogP contribution in [0.4, 0.5) is 0 Å². The van der Waals surface area contributed by atoms with Gasteiger partial charge in [-0.05, 0) is 55.7 Å². The van der Waals surface area contributed by atoms with Crippen LogP contribution in [-0.4, -0.2) is 11.9 Å². The Balaban J connectivity index is 1.75. The molecule has 1 aliphatic carbocycles. The second-order valence-electron chi connectivity index (χ2n) is 5.63. The summed E-state index contributed by atoms with van der Waals surface area (Å²) < 4.78 is 10.7. The highest BCUT2D eigenvalue weighted by Gasteiger charge is 2.54. The van der Waals surface area contributed by atoms with E-state index in [9.17, 15) is 9.59 Å². The number of hydrogen-bond donors (Lipinski definition) is 0.